The van der Waals surface area contributed by atoms with Crippen LogP contribution in [-0.2, 0) is 5.41 Å². The van der Waals surface area contributed by atoms with Gasteiger partial charge in [0.2, 0.25) is 11.7 Å². The van der Waals surface area contributed by atoms with Crippen LogP contribution < -0.4 is 5.73 Å². The molecule has 0 bridgehead atoms. The van der Waals surface area contributed by atoms with Crippen LogP contribution in [0.3, 0.4) is 0 Å². The third-order valence-corrected chi connectivity index (χ3v) is 3.09. The van der Waals surface area contributed by atoms with Gasteiger partial charge in [-0.25, -0.2) is 0 Å². The van der Waals surface area contributed by atoms with E-state index in [1.807, 2.05) is 38.1 Å². The quantitative estimate of drug-likeness (QED) is 0.945. The van der Waals surface area contributed by atoms with E-state index in [-0.39, 0.29) is 5.41 Å². The van der Waals surface area contributed by atoms with Crippen LogP contribution in [0.2, 0.25) is 0 Å². The molecule has 0 saturated carbocycles. The molecule has 4 nitrogen and oxygen atoms in total. The molecule has 1 aromatic heterocycles. The zero-order valence-corrected chi connectivity index (χ0v) is 11.4. The highest BCUT2D eigenvalue weighted by Crippen LogP contribution is 2.24. The van der Waals surface area contributed by atoms with E-state index >= 15 is 0 Å². The summed E-state index contributed by atoms with van der Waals surface area (Å²) < 4.78 is 6.24. The van der Waals surface area contributed by atoms with Crippen molar-refractivity contribution >= 4 is 15.9 Å². The average molecular weight is 296 g/mol. The van der Waals surface area contributed by atoms with Gasteiger partial charge in [-0.3, -0.25) is 0 Å². The smallest absolute Gasteiger partial charge is 0.233 e. The molecule has 0 aliphatic heterocycles. The van der Waals surface area contributed by atoms with Crippen LogP contribution in [0.4, 0.5) is 0 Å². The van der Waals surface area contributed by atoms with Crippen molar-refractivity contribution in [2.45, 2.75) is 19.3 Å². The van der Waals surface area contributed by atoms with Gasteiger partial charge >= 0.3 is 0 Å². The fraction of sp³-hybridized carbons (Fsp3) is 0.333. The summed E-state index contributed by atoms with van der Waals surface area (Å²) in [6, 6.07) is 7.77. The summed E-state index contributed by atoms with van der Waals surface area (Å²) in [6.07, 6.45) is 0. The van der Waals surface area contributed by atoms with E-state index in [2.05, 4.69) is 26.1 Å². The topological polar surface area (TPSA) is 64.9 Å². The molecule has 1 aromatic carbocycles. The van der Waals surface area contributed by atoms with Gasteiger partial charge in [0, 0.05) is 16.6 Å². The van der Waals surface area contributed by atoms with E-state index in [4.69, 9.17) is 10.3 Å². The SMILES string of the molecule is CC(C)(CN)c1nc(-c2cccc(Br)c2)no1. The molecule has 0 radical (unpaired) electrons. The predicted molar refractivity (Wildman–Crippen MR) is 69.5 cm³/mol. The third-order valence-electron chi connectivity index (χ3n) is 2.60. The van der Waals surface area contributed by atoms with Gasteiger partial charge in [0.25, 0.3) is 0 Å². The maximum absolute atomic E-state index is 5.68. The van der Waals surface area contributed by atoms with Gasteiger partial charge in [-0.05, 0) is 26.0 Å². The Hall–Kier alpha value is -1.20. The Balaban J connectivity index is 2.36. The lowest BCUT2D eigenvalue weighted by molar-refractivity contribution is 0.311. The molecule has 90 valence electrons. The Morgan fingerprint density at radius 3 is 2.82 bits per heavy atom. The number of benzene rings is 1. The predicted octanol–water partition coefficient (Wildman–Crippen LogP) is 2.74. The van der Waals surface area contributed by atoms with Crippen LogP contribution in [0, 0.1) is 0 Å². The number of halogens is 1. The largest absolute Gasteiger partial charge is 0.338 e. The standard InChI is InChI=1S/C12H14BrN3O/c1-12(2,7-14)11-15-10(16-17-11)8-4-3-5-9(13)6-8/h3-6H,7,14H2,1-2H3. The third kappa shape index (κ3) is 2.56. The lowest BCUT2D eigenvalue weighted by atomic mass is 9.94. The average Bonchev–Trinajstić information content (AvgIpc) is 2.79. The minimum atomic E-state index is -0.294. The molecule has 0 fully saturated rings. The number of aromatic nitrogens is 2. The summed E-state index contributed by atoms with van der Waals surface area (Å²) in [5.41, 5.74) is 6.30. The van der Waals surface area contributed by atoms with E-state index in [1.54, 1.807) is 0 Å². The Bertz CT molecular complexity index is 522. The minimum Gasteiger partial charge on any atom is -0.338 e. The number of hydrogen-bond acceptors (Lipinski definition) is 4. The van der Waals surface area contributed by atoms with Gasteiger partial charge in [0.15, 0.2) is 0 Å². The van der Waals surface area contributed by atoms with Gasteiger partial charge in [-0.1, -0.05) is 33.2 Å². The number of rotatable bonds is 3. The van der Waals surface area contributed by atoms with Gasteiger partial charge in [-0.2, -0.15) is 4.98 Å². The highest BCUT2D eigenvalue weighted by Gasteiger charge is 2.26. The van der Waals surface area contributed by atoms with Crippen LogP contribution in [0.15, 0.2) is 33.3 Å². The maximum atomic E-state index is 5.68. The molecule has 2 rings (SSSR count). The van der Waals surface area contributed by atoms with Gasteiger partial charge in [0.05, 0.1) is 5.41 Å². The number of nitrogens with zero attached hydrogens (tertiary/aromatic N) is 2. The van der Waals surface area contributed by atoms with Gasteiger partial charge < -0.3 is 10.3 Å². The van der Waals surface area contributed by atoms with Crippen molar-refractivity contribution in [1.29, 1.82) is 0 Å². The summed E-state index contributed by atoms with van der Waals surface area (Å²) >= 11 is 3.41. The Kier molecular flexibility index (Phi) is 3.31. The second-order valence-electron chi connectivity index (χ2n) is 4.52. The van der Waals surface area contributed by atoms with Crippen molar-refractivity contribution in [2.75, 3.05) is 6.54 Å². The normalized spacial score (nSPS) is 11.8. The highest BCUT2D eigenvalue weighted by atomic mass is 79.9. The molecule has 0 aliphatic rings. The van der Waals surface area contributed by atoms with Crippen molar-refractivity contribution in [3.05, 3.63) is 34.6 Å². The van der Waals surface area contributed by atoms with Crippen LogP contribution >= 0.6 is 15.9 Å². The fourth-order valence-corrected chi connectivity index (χ4v) is 1.73. The second kappa shape index (κ2) is 4.58. The highest BCUT2D eigenvalue weighted by molar-refractivity contribution is 9.10. The zero-order chi connectivity index (χ0) is 12.5. The van der Waals surface area contributed by atoms with Gasteiger partial charge in [-0.15, -0.1) is 0 Å². The van der Waals surface area contributed by atoms with E-state index in [0.717, 1.165) is 10.0 Å². The summed E-state index contributed by atoms with van der Waals surface area (Å²) in [4.78, 5) is 4.39. The van der Waals surface area contributed by atoms with E-state index in [0.29, 0.717) is 18.3 Å². The summed E-state index contributed by atoms with van der Waals surface area (Å²) in [5.74, 6) is 1.15. The molecule has 1 heterocycles. The molecular weight excluding hydrogens is 282 g/mol. The van der Waals surface area contributed by atoms with Crippen LogP contribution in [0.5, 0.6) is 0 Å². The zero-order valence-electron chi connectivity index (χ0n) is 9.77. The van der Waals surface area contributed by atoms with Crippen molar-refractivity contribution in [2.24, 2.45) is 5.73 Å². The second-order valence-corrected chi connectivity index (χ2v) is 5.44. The molecular formula is C12H14BrN3O. The summed E-state index contributed by atoms with van der Waals surface area (Å²) in [7, 11) is 0. The Morgan fingerprint density at radius 1 is 1.41 bits per heavy atom. The van der Waals surface area contributed by atoms with Crippen molar-refractivity contribution in [1.82, 2.24) is 10.1 Å². The van der Waals surface area contributed by atoms with E-state index in [1.165, 1.54) is 0 Å². The Morgan fingerprint density at radius 2 is 2.18 bits per heavy atom. The first-order valence-electron chi connectivity index (χ1n) is 5.33. The minimum absolute atomic E-state index is 0.294. The molecule has 2 N–H and O–H groups in total. The van der Waals surface area contributed by atoms with Crippen molar-refractivity contribution < 1.29 is 4.52 Å². The fourth-order valence-electron chi connectivity index (χ4n) is 1.33. The van der Waals surface area contributed by atoms with Crippen molar-refractivity contribution in [3.8, 4) is 11.4 Å². The first-order chi connectivity index (χ1) is 8.03. The van der Waals surface area contributed by atoms with Crippen LogP contribution in [-0.4, -0.2) is 16.7 Å². The van der Waals surface area contributed by atoms with Crippen LogP contribution in [0.1, 0.15) is 19.7 Å². The van der Waals surface area contributed by atoms with E-state index < -0.39 is 0 Å². The van der Waals surface area contributed by atoms with Crippen molar-refractivity contribution in [3.63, 3.8) is 0 Å². The monoisotopic (exact) mass is 295 g/mol. The Labute approximate surface area is 108 Å². The van der Waals surface area contributed by atoms with E-state index in [9.17, 15) is 0 Å². The number of nitrogens with two attached hydrogens (primary N) is 1. The molecule has 17 heavy (non-hydrogen) atoms. The molecule has 0 amide bonds. The molecule has 0 aliphatic carbocycles. The maximum Gasteiger partial charge on any atom is 0.233 e. The first kappa shape index (κ1) is 12.3. The summed E-state index contributed by atoms with van der Waals surface area (Å²) in [6.45, 7) is 4.42. The molecule has 0 unspecified atom stereocenters. The lowest BCUT2D eigenvalue weighted by Gasteiger charge is -2.15. The first-order valence-corrected chi connectivity index (χ1v) is 6.12. The molecule has 0 saturated heterocycles. The molecule has 0 spiro atoms. The summed E-state index contributed by atoms with van der Waals surface area (Å²) in [5, 5.41) is 3.98. The van der Waals surface area contributed by atoms with Crippen LogP contribution in [0.25, 0.3) is 11.4 Å². The molecule has 2 aromatic rings. The molecule has 5 heteroatoms. The van der Waals surface area contributed by atoms with Gasteiger partial charge in [0.1, 0.15) is 0 Å². The lowest BCUT2D eigenvalue weighted by Crippen LogP contribution is -2.28. The number of hydrogen-bond donors (Lipinski definition) is 1. The molecule has 0 atom stereocenters.